The fraction of sp³-hybridized carbons (Fsp3) is 0.222. The maximum absolute atomic E-state index is 12.0. The molecule has 2 aromatic carbocycles. The first-order valence-corrected chi connectivity index (χ1v) is 7.54. The number of nitrogens with one attached hydrogen (secondary N) is 2. The van der Waals surface area contributed by atoms with Crippen LogP contribution in [-0.2, 0) is 9.53 Å². The molecule has 1 saturated heterocycles. The van der Waals surface area contributed by atoms with Crippen LogP contribution in [0.15, 0.2) is 48.5 Å². The number of nitrogens with zero attached hydrogens (tertiary/aromatic N) is 1. The van der Waals surface area contributed by atoms with Crippen LogP contribution >= 0.6 is 0 Å². The van der Waals surface area contributed by atoms with E-state index in [4.69, 9.17) is 10.00 Å². The molecule has 2 N–H and O–H groups in total. The second kappa shape index (κ2) is 6.95. The van der Waals surface area contributed by atoms with Gasteiger partial charge < -0.3 is 15.4 Å². The van der Waals surface area contributed by atoms with Crippen molar-refractivity contribution in [1.29, 1.82) is 5.26 Å². The maximum Gasteiger partial charge on any atom is 0.253 e. The van der Waals surface area contributed by atoms with Gasteiger partial charge in [-0.1, -0.05) is 0 Å². The van der Waals surface area contributed by atoms with E-state index in [1.807, 2.05) is 36.4 Å². The molecule has 1 amide bonds. The zero-order valence-electron chi connectivity index (χ0n) is 12.6. The highest BCUT2D eigenvalue weighted by atomic mass is 16.5. The Balaban J connectivity index is 1.60. The van der Waals surface area contributed by atoms with Crippen LogP contribution in [0.4, 0.5) is 17.1 Å². The van der Waals surface area contributed by atoms with Gasteiger partial charge in [0.05, 0.1) is 11.6 Å². The van der Waals surface area contributed by atoms with Gasteiger partial charge in [0.15, 0.2) is 0 Å². The van der Waals surface area contributed by atoms with E-state index in [1.54, 1.807) is 12.1 Å². The van der Waals surface area contributed by atoms with Crippen LogP contribution in [0.3, 0.4) is 0 Å². The summed E-state index contributed by atoms with van der Waals surface area (Å²) in [5, 5.41) is 14.9. The van der Waals surface area contributed by atoms with Gasteiger partial charge in [-0.3, -0.25) is 4.79 Å². The number of ether oxygens (including phenoxy) is 1. The minimum absolute atomic E-state index is 0.0877. The molecule has 5 heteroatoms. The van der Waals surface area contributed by atoms with Crippen molar-refractivity contribution < 1.29 is 9.53 Å². The van der Waals surface area contributed by atoms with Crippen LogP contribution < -0.4 is 10.6 Å². The molecule has 23 heavy (non-hydrogen) atoms. The fourth-order valence-corrected chi connectivity index (χ4v) is 2.44. The first-order chi connectivity index (χ1) is 11.2. The molecular formula is C18H17N3O2. The predicted molar refractivity (Wildman–Crippen MR) is 88.5 cm³/mol. The number of nitriles is 1. The van der Waals surface area contributed by atoms with Crippen LogP contribution in [0, 0.1) is 11.3 Å². The second-order valence-corrected chi connectivity index (χ2v) is 5.38. The van der Waals surface area contributed by atoms with Crippen LogP contribution in [0.1, 0.15) is 18.4 Å². The van der Waals surface area contributed by atoms with Crippen LogP contribution in [-0.4, -0.2) is 18.6 Å². The lowest BCUT2D eigenvalue weighted by Gasteiger charge is -2.11. The summed E-state index contributed by atoms with van der Waals surface area (Å²) in [4.78, 5) is 12.0. The molecule has 2 aromatic rings. The van der Waals surface area contributed by atoms with Crippen molar-refractivity contribution in [2.24, 2.45) is 0 Å². The summed E-state index contributed by atoms with van der Waals surface area (Å²) < 4.78 is 5.36. The zero-order chi connectivity index (χ0) is 16.1. The standard InChI is InChI=1S/C18H17N3O2/c19-12-13-3-5-14(6-4-13)20-15-7-9-16(10-8-15)21-18(22)17-2-1-11-23-17/h3-10,17,20H,1-2,11H2,(H,21,22). The van der Waals surface area contributed by atoms with Crippen molar-refractivity contribution in [2.75, 3.05) is 17.2 Å². The third-order valence-electron chi connectivity index (χ3n) is 3.68. The smallest absolute Gasteiger partial charge is 0.253 e. The van der Waals surface area contributed by atoms with Gasteiger partial charge in [0, 0.05) is 23.7 Å². The van der Waals surface area contributed by atoms with Crippen molar-refractivity contribution in [2.45, 2.75) is 18.9 Å². The lowest BCUT2D eigenvalue weighted by molar-refractivity contribution is -0.124. The summed E-state index contributed by atoms with van der Waals surface area (Å²) in [6, 6.07) is 16.8. The lowest BCUT2D eigenvalue weighted by atomic mass is 10.2. The molecule has 5 nitrogen and oxygen atoms in total. The first-order valence-electron chi connectivity index (χ1n) is 7.54. The van der Waals surface area contributed by atoms with Crippen molar-refractivity contribution in [1.82, 2.24) is 0 Å². The van der Waals surface area contributed by atoms with E-state index in [0.717, 1.165) is 29.9 Å². The number of carbonyl (C=O) groups is 1. The summed E-state index contributed by atoms with van der Waals surface area (Å²) in [7, 11) is 0. The minimum atomic E-state index is -0.327. The third-order valence-corrected chi connectivity index (χ3v) is 3.68. The van der Waals surface area contributed by atoms with E-state index in [9.17, 15) is 4.79 Å². The number of anilines is 3. The van der Waals surface area contributed by atoms with E-state index in [1.165, 1.54) is 0 Å². The predicted octanol–water partition coefficient (Wildman–Crippen LogP) is 3.42. The Labute approximate surface area is 134 Å². The number of rotatable bonds is 4. The number of hydrogen-bond acceptors (Lipinski definition) is 4. The highest BCUT2D eigenvalue weighted by molar-refractivity contribution is 5.94. The van der Waals surface area contributed by atoms with Crippen molar-refractivity contribution in [3.05, 3.63) is 54.1 Å². The highest BCUT2D eigenvalue weighted by Crippen LogP contribution is 2.20. The molecule has 1 unspecified atom stereocenters. The van der Waals surface area contributed by atoms with E-state index in [-0.39, 0.29) is 12.0 Å². The summed E-state index contributed by atoms with van der Waals surface area (Å²) in [5.74, 6) is -0.0877. The molecule has 1 aliphatic rings. The fourth-order valence-electron chi connectivity index (χ4n) is 2.44. The van der Waals surface area contributed by atoms with Crippen LogP contribution in [0.25, 0.3) is 0 Å². The Bertz CT molecular complexity index is 711. The summed E-state index contributed by atoms with van der Waals surface area (Å²) in [5.41, 5.74) is 3.18. The first kappa shape index (κ1) is 15.1. The number of amides is 1. The van der Waals surface area contributed by atoms with E-state index in [2.05, 4.69) is 16.7 Å². The second-order valence-electron chi connectivity index (χ2n) is 5.38. The van der Waals surface area contributed by atoms with Crippen molar-refractivity contribution >= 4 is 23.0 Å². The summed E-state index contributed by atoms with van der Waals surface area (Å²) in [6.07, 6.45) is 1.39. The van der Waals surface area contributed by atoms with Gasteiger partial charge in [-0.05, 0) is 61.4 Å². The Morgan fingerprint density at radius 1 is 1.04 bits per heavy atom. The van der Waals surface area contributed by atoms with Gasteiger partial charge in [0.2, 0.25) is 0 Å². The van der Waals surface area contributed by atoms with Gasteiger partial charge >= 0.3 is 0 Å². The molecule has 1 aliphatic heterocycles. The van der Waals surface area contributed by atoms with Crippen LogP contribution in [0.2, 0.25) is 0 Å². The molecule has 0 saturated carbocycles. The van der Waals surface area contributed by atoms with E-state index < -0.39 is 0 Å². The SMILES string of the molecule is N#Cc1ccc(Nc2ccc(NC(=O)C3CCCO3)cc2)cc1. The van der Waals surface area contributed by atoms with Gasteiger partial charge in [-0.2, -0.15) is 5.26 Å². The molecule has 0 aliphatic carbocycles. The Morgan fingerprint density at radius 3 is 2.22 bits per heavy atom. The Morgan fingerprint density at radius 2 is 1.65 bits per heavy atom. The largest absolute Gasteiger partial charge is 0.368 e. The molecule has 0 aromatic heterocycles. The average molecular weight is 307 g/mol. The zero-order valence-corrected chi connectivity index (χ0v) is 12.6. The molecule has 0 spiro atoms. The minimum Gasteiger partial charge on any atom is -0.368 e. The molecule has 0 bridgehead atoms. The highest BCUT2D eigenvalue weighted by Gasteiger charge is 2.23. The number of hydrogen-bond donors (Lipinski definition) is 2. The summed E-state index contributed by atoms with van der Waals surface area (Å²) in [6.45, 7) is 0.658. The molecule has 0 radical (unpaired) electrons. The van der Waals surface area contributed by atoms with E-state index in [0.29, 0.717) is 12.2 Å². The Kier molecular flexibility index (Phi) is 4.55. The molecule has 1 atom stereocenters. The van der Waals surface area contributed by atoms with Gasteiger partial charge in [0.1, 0.15) is 6.10 Å². The maximum atomic E-state index is 12.0. The topological polar surface area (TPSA) is 74.2 Å². The summed E-state index contributed by atoms with van der Waals surface area (Å²) >= 11 is 0. The lowest BCUT2D eigenvalue weighted by Crippen LogP contribution is -2.26. The Hall–Kier alpha value is -2.84. The molecule has 1 fully saturated rings. The average Bonchev–Trinajstić information content (AvgIpc) is 3.12. The molecular weight excluding hydrogens is 290 g/mol. The molecule has 116 valence electrons. The quantitative estimate of drug-likeness (QED) is 0.907. The van der Waals surface area contributed by atoms with Crippen molar-refractivity contribution in [3.8, 4) is 6.07 Å². The monoisotopic (exact) mass is 307 g/mol. The third kappa shape index (κ3) is 3.87. The normalized spacial score (nSPS) is 16.6. The van der Waals surface area contributed by atoms with Gasteiger partial charge in [-0.25, -0.2) is 0 Å². The van der Waals surface area contributed by atoms with E-state index >= 15 is 0 Å². The molecule has 3 rings (SSSR count). The van der Waals surface area contributed by atoms with Crippen LogP contribution in [0.5, 0.6) is 0 Å². The van der Waals surface area contributed by atoms with Crippen molar-refractivity contribution in [3.63, 3.8) is 0 Å². The van der Waals surface area contributed by atoms with Gasteiger partial charge in [-0.15, -0.1) is 0 Å². The van der Waals surface area contributed by atoms with Gasteiger partial charge in [0.25, 0.3) is 5.91 Å². The number of carbonyl (C=O) groups excluding carboxylic acids is 1. The number of benzene rings is 2. The molecule has 1 heterocycles.